The molecule has 2 rings (SSSR count). The molecule has 0 bridgehead atoms. The Hall–Kier alpha value is -1.03. The van der Waals surface area contributed by atoms with Crippen LogP contribution in [0.25, 0.3) is 0 Å². The molecule has 1 aromatic rings. The Morgan fingerprint density at radius 2 is 1.95 bits per heavy atom. The molecule has 1 aliphatic rings. The summed E-state index contributed by atoms with van der Waals surface area (Å²) in [5, 5.41) is 4.59. The topological polar surface area (TPSA) is 47.1 Å². The van der Waals surface area contributed by atoms with E-state index in [-0.39, 0.29) is 0 Å². The second kappa shape index (κ2) is 5.76. The van der Waals surface area contributed by atoms with Gasteiger partial charge < -0.3 is 10.6 Å². The first-order chi connectivity index (χ1) is 9.35. The Morgan fingerprint density at radius 3 is 2.50 bits per heavy atom. The summed E-state index contributed by atoms with van der Waals surface area (Å²) in [5.41, 5.74) is 8.72. The quantitative estimate of drug-likeness (QED) is 0.921. The number of rotatable bonds is 4. The molecule has 1 aliphatic carbocycles. The van der Waals surface area contributed by atoms with Crippen molar-refractivity contribution in [2.45, 2.75) is 58.9 Å². The summed E-state index contributed by atoms with van der Waals surface area (Å²) < 4.78 is 2.03. The first kappa shape index (κ1) is 15.4. The summed E-state index contributed by atoms with van der Waals surface area (Å²) in [5.74, 6) is 1.26. The van der Waals surface area contributed by atoms with Crippen molar-refractivity contribution in [3.63, 3.8) is 0 Å². The van der Waals surface area contributed by atoms with Gasteiger partial charge >= 0.3 is 0 Å². The van der Waals surface area contributed by atoms with Gasteiger partial charge in [0.1, 0.15) is 5.82 Å². The van der Waals surface area contributed by atoms with Crippen molar-refractivity contribution in [1.82, 2.24) is 9.78 Å². The van der Waals surface area contributed by atoms with E-state index in [0.717, 1.165) is 12.1 Å². The fourth-order valence-electron chi connectivity index (χ4n) is 3.51. The summed E-state index contributed by atoms with van der Waals surface area (Å²) >= 11 is 0. The maximum Gasteiger partial charge on any atom is 0.130 e. The summed E-state index contributed by atoms with van der Waals surface area (Å²) in [6.45, 7) is 7.55. The third kappa shape index (κ3) is 3.00. The molecular formula is C16H30N4. The van der Waals surface area contributed by atoms with E-state index < -0.39 is 0 Å². The van der Waals surface area contributed by atoms with E-state index >= 15 is 0 Å². The zero-order valence-corrected chi connectivity index (χ0v) is 13.7. The van der Waals surface area contributed by atoms with Crippen molar-refractivity contribution < 1.29 is 0 Å². The number of aromatic nitrogens is 2. The highest BCUT2D eigenvalue weighted by molar-refractivity contribution is 5.50. The Balaban J connectivity index is 2.19. The fraction of sp³-hybridized carbons (Fsp3) is 0.812. The van der Waals surface area contributed by atoms with E-state index in [2.05, 4.69) is 37.8 Å². The van der Waals surface area contributed by atoms with Gasteiger partial charge in [-0.25, -0.2) is 0 Å². The second-order valence-electron chi connectivity index (χ2n) is 7.06. The van der Waals surface area contributed by atoms with E-state index in [0.29, 0.717) is 18.0 Å². The maximum atomic E-state index is 5.77. The molecule has 20 heavy (non-hydrogen) atoms. The number of nitrogens with two attached hydrogens (primary N) is 1. The van der Waals surface area contributed by atoms with E-state index in [1.54, 1.807) is 0 Å². The van der Waals surface area contributed by atoms with Crippen molar-refractivity contribution >= 4 is 5.82 Å². The standard InChI is InChI=1S/C16H30N4/c1-12-14(8-11-17)15(20(5)18-12)19(4)13-6-9-16(2,3)10-7-13/h13H,6-11,17H2,1-5H3. The smallest absolute Gasteiger partial charge is 0.130 e. The first-order valence-corrected chi connectivity index (χ1v) is 7.81. The van der Waals surface area contributed by atoms with Gasteiger partial charge in [-0.2, -0.15) is 5.10 Å². The Morgan fingerprint density at radius 1 is 1.35 bits per heavy atom. The van der Waals surface area contributed by atoms with Crippen LogP contribution >= 0.6 is 0 Å². The predicted octanol–water partition coefficient (Wildman–Crippen LogP) is 2.63. The van der Waals surface area contributed by atoms with Crippen molar-refractivity contribution in [1.29, 1.82) is 0 Å². The normalized spacial score (nSPS) is 19.3. The summed E-state index contributed by atoms with van der Waals surface area (Å²) in [6, 6.07) is 0.634. The lowest BCUT2D eigenvalue weighted by atomic mass is 9.75. The average Bonchev–Trinajstić information content (AvgIpc) is 2.64. The average molecular weight is 278 g/mol. The highest BCUT2D eigenvalue weighted by atomic mass is 15.4. The van der Waals surface area contributed by atoms with Crippen LogP contribution in [0.3, 0.4) is 0 Å². The molecule has 0 aliphatic heterocycles. The third-order valence-electron chi connectivity index (χ3n) is 4.90. The Bertz CT molecular complexity index is 451. The molecule has 1 heterocycles. The van der Waals surface area contributed by atoms with E-state index in [1.807, 2.05) is 11.7 Å². The highest BCUT2D eigenvalue weighted by Crippen LogP contribution is 2.38. The number of anilines is 1. The molecule has 4 heteroatoms. The minimum Gasteiger partial charge on any atom is -0.357 e. The predicted molar refractivity (Wildman–Crippen MR) is 85.1 cm³/mol. The molecule has 0 saturated heterocycles. The van der Waals surface area contributed by atoms with E-state index in [1.165, 1.54) is 37.1 Å². The van der Waals surface area contributed by atoms with Crippen molar-refractivity contribution in [3.05, 3.63) is 11.3 Å². The number of nitrogens with zero attached hydrogens (tertiary/aromatic N) is 3. The Labute approximate surface area is 123 Å². The minimum absolute atomic E-state index is 0.514. The molecule has 0 amide bonds. The van der Waals surface area contributed by atoms with Crippen molar-refractivity contribution in [2.24, 2.45) is 18.2 Å². The van der Waals surface area contributed by atoms with Gasteiger partial charge in [0, 0.05) is 25.7 Å². The zero-order valence-electron chi connectivity index (χ0n) is 13.7. The highest BCUT2D eigenvalue weighted by Gasteiger charge is 2.30. The van der Waals surface area contributed by atoms with Crippen molar-refractivity contribution in [3.8, 4) is 0 Å². The van der Waals surface area contributed by atoms with Gasteiger partial charge in [-0.3, -0.25) is 4.68 Å². The molecule has 2 N–H and O–H groups in total. The number of hydrogen-bond donors (Lipinski definition) is 1. The third-order valence-corrected chi connectivity index (χ3v) is 4.90. The van der Waals surface area contributed by atoms with Gasteiger partial charge in [0.25, 0.3) is 0 Å². The van der Waals surface area contributed by atoms with E-state index in [4.69, 9.17) is 5.73 Å². The lowest BCUT2D eigenvalue weighted by Crippen LogP contribution is -2.38. The SMILES string of the molecule is Cc1nn(C)c(N(C)C2CCC(C)(C)CC2)c1CCN. The maximum absolute atomic E-state index is 5.77. The van der Waals surface area contributed by atoms with Gasteiger partial charge in [0.05, 0.1) is 5.69 Å². The monoisotopic (exact) mass is 278 g/mol. The van der Waals surface area contributed by atoms with E-state index in [9.17, 15) is 0 Å². The number of hydrogen-bond acceptors (Lipinski definition) is 3. The van der Waals surface area contributed by atoms with Gasteiger partial charge in [-0.15, -0.1) is 0 Å². The molecule has 0 atom stereocenters. The molecule has 0 spiro atoms. The molecule has 0 unspecified atom stereocenters. The molecular weight excluding hydrogens is 248 g/mol. The Kier molecular flexibility index (Phi) is 4.43. The molecule has 0 radical (unpaired) electrons. The molecule has 114 valence electrons. The van der Waals surface area contributed by atoms with Gasteiger partial charge in [-0.05, 0) is 51.0 Å². The molecule has 1 saturated carbocycles. The summed E-state index contributed by atoms with van der Waals surface area (Å²) in [4.78, 5) is 2.44. The van der Waals surface area contributed by atoms with Crippen LogP contribution in [-0.2, 0) is 13.5 Å². The number of aryl methyl sites for hydroxylation is 2. The summed E-state index contributed by atoms with van der Waals surface area (Å²) in [7, 11) is 4.27. The largest absolute Gasteiger partial charge is 0.357 e. The van der Waals surface area contributed by atoms with Gasteiger partial charge in [0.2, 0.25) is 0 Å². The van der Waals surface area contributed by atoms with Crippen LogP contribution in [0.1, 0.15) is 50.8 Å². The van der Waals surface area contributed by atoms with Crippen LogP contribution in [-0.4, -0.2) is 29.4 Å². The van der Waals surface area contributed by atoms with Gasteiger partial charge in [-0.1, -0.05) is 13.8 Å². The van der Waals surface area contributed by atoms with Crippen LogP contribution < -0.4 is 10.6 Å². The van der Waals surface area contributed by atoms with Crippen LogP contribution in [0.2, 0.25) is 0 Å². The van der Waals surface area contributed by atoms with Crippen LogP contribution in [0.5, 0.6) is 0 Å². The van der Waals surface area contributed by atoms with Gasteiger partial charge in [0.15, 0.2) is 0 Å². The molecule has 0 aromatic carbocycles. The van der Waals surface area contributed by atoms with Crippen molar-refractivity contribution in [2.75, 3.05) is 18.5 Å². The first-order valence-electron chi connectivity index (χ1n) is 7.81. The molecule has 1 fully saturated rings. The lowest BCUT2D eigenvalue weighted by Gasteiger charge is -2.39. The molecule has 4 nitrogen and oxygen atoms in total. The second-order valence-corrected chi connectivity index (χ2v) is 7.06. The van der Waals surface area contributed by atoms with Crippen LogP contribution in [0.4, 0.5) is 5.82 Å². The molecule has 1 aromatic heterocycles. The fourth-order valence-corrected chi connectivity index (χ4v) is 3.51. The summed E-state index contributed by atoms with van der Waals surface area (Å²) in [6.07, 6.45) is 6.08. The lowest BCUT2D eigenvalue weighted by molar-refractivity contribution is 0.222. The zero-order chi connectivity index (χ0) is 14.9. The van der Waals surface area contributed by atoms with Crippen LogP contribution in [0, 0.1) is 12.3 Å². The van der Waals surface area contributed by atoms with Crippen LogP contribution in [0.15, 0.2) is 0 Å². The minimum atomic E-state index is 0.514.